The molecule has 0 heterocycles. The highest BCUT2D eigenvalue weighted by atomic mass is 16.4. The third-order valence-corrected chi connectivity index (χ3v) is 4.10. The van der Waals surface area contributed by atoms with E-state index in [-0.39, 0.29) is 0 Å². The van der Waals surface area contributed by atoms with Gasteiger partial charge in [0.25, 0.3) is 0 Å². The summed E-state index contributed by atoms with van der Waals surface area (Å²) >= 11 is 0. The number of carboxylic acids is 1. The summed E-state index contributed by atoms with van der Waals surface area (Å²) < 4.78 is 0. The Balaban J connectivity index is 2.92. The van der Waals surface area contributed by atoms with Gasteiger partial charge in [-0.3, -0.25) is 9.59 Å². The second kappa shape index (κ2) is 5.63. The SMILES string of the molecule is CC(C)(NCc1ccccc1C(N)=O)C(C)(C)C(=O)O. The molecule has 1 amide bonds. The van der Waals surface area contributed by atoms with Crippen LogP contribution >= 0.6 is 0 Å². The van der Waals surface area contributed by atoms with Crippen LogP contribution in [0.1, 0.15) is 43.6 Å². The van der Waals surface area contributed by atoms with Gasteiger partial charge in [0, 0.05) is 17.6 Å². The molecule has 0 saturated heterocycles. The van der Waals surface area contributed by atoms with Crippen molar-refractivity contribution < 1.29 is 14.7 Å². The van der Waals surface area contributed by atoms with E-state index in [1.807, 2.05) is 19.9 Å². The lowest BCUT2D eigenvalue weighted by molar-refractivity contribution is -0.151. The maximum absolute atomic E-state index is 11.4. The highest BCUT2D eigenvalue weighted by Crippen LogP contribution is 2.31. The Morgan fingerprint density at radius 1 is 1.20 bits per heavy atom. The molecule has 0 aliphatic rings. The first kappa shape index (κ1) is 16.2. The molecule has 0 radical (unpaired) electrons. The minimum atomic E-state index is -0.950. The largest absolute Gasteiger partial charge is 0.481 e. The smallest absolute Gasteiger partial charge is 0.310 e. The van der Waals surface area contributed by atoms with Crippen molar-refractivity contribution in [1.82, 2.24) is 5.32 Å². The van der Waals surface area contributed by atoms with Crippen LogP contribution in [0.2, 0.25) is 0 Å². The molecule has 0 aliphatic carbocycles. The van der Waals surface area contributed by atoms with Crippen LogP contribution in [0.5, 0.6) is 0 Å². The maximum atomic E-state index is 11.4. The average molecular weight is 278 g/mol. The van der Waals surface area contributed by atoms with Gasteiger partial charge in [0.2, 0.25) is 5.91 Å². The Kier molecular flexibility index (Phi) is 4.55. The minimum absolute atomic E-state index is 0.378. The summed E-state index contributed by atoms with van der Waals surface area (Å²) in [5.74, 6) is -1.36. The minimum Gasteiger partial charge on any atom is -0.481 e. The highest BCUT2D eigenvalue weighted by molar-refractivity contribution is 5.94. The van der Waals surface area contributed by atoms with Crippen molar-refractivity contribution >= 4 is 11.9 Å². The molecule has 20 heavy (non-hydrogen) atoms. The molecule has 0 fully saturated rings. The van der Waals surface area contributed by atoms with Crippen molar-refractivity contribution in [2.24, 2.45) is 11.1 Å². The number of amides is 1. The zero-order valence-corrected chi connectivity index (χ0v) is 12.4. The number of aliphatic carboxylic acids is 1. The predicted molar refractivity (Wildman–Crippen MR) is 77.3 cm³/mol. The van der Waals surface area contributed by atoms with E-state index in [1.165, 1.54) is 0 Å². The Labute approximate surface area is 119 Å². The molecule has 1 rings (SSSR count). The molecular weight excluding hydrogens is 256 g/mol. The topological polar surface area (TPSA) is 92.4 Å². The van der Waals surface area contributed by atoms with Crippen LogP contribution < -0.4 is 11.1 Å². The van der Waals surface area contributed by atoms with E-state index < -0.39 is 22.8 Å². The molecule has 4 N–H and O–H groups in total. The summed E-state index contributed by atoms with van der Waals surface area (Å²) in [6.45, 7) is 7.37. The Hall–Kier alpha value is -1.88. The van der Waals surface area contributed by atoms with Crippen LogP contribution in [0.3, 0.4) is 0 Å². The zero-order valence-electron chi connectivity index (χ0n) is 12.4. The molecule has 0 aliphatic heterocycles. The Bertz CT molecular complexity index is 522. The lowest BCUT2D eigenvalue weighted by Gasteiger charge is -2.39. The maximum Gasteiger partial charge on any atom is 0.310 e. The van der Waals surface area contributed by atoms with Crippen molar-refractivity contribution in [3.63, 3.8) is 0 Å². The van der Waals surface area contributed by atoms with Crippen LogP contribution in [0, 0.1) is 5.41 Å². The Morgan fingerprint density at radius 3 is 2.25 bits per heavy atom. The fraction of sp³-hybridized carbons (Fsp3) is 0.467. The lowest BCUT2D eigenvalue weighted by Crippen LogP contribution is -2.54. The number of hydrogen-bond donors (Lipinski definition) is 3. The molecule has 5 nitrogen and oxygen atoms in total. The number of benzene rings is 1. The van der Waals surface area contributed by atoms with Gasteiger partial charge < -0.3 is 16.2 Å². The van der Waals surface area contributed by atoms with Gasteiger partial charge in [-0.15, -0.1) is 0 Å². The van der Waals surface area contributed by atoms with Gasteiger partial charge >= 0.3 is 5.97 Å². The molecule has 0 aromatic heterocycles. The molecule has 0 bridgehead atoms. The quantitative estimate of drug-likeness (QED) is 0.739. The first-order chi connectivity index (χ1) is 9.09. The molecule has 1 aromatic rings. The van der Waals surface area contributed by atoms with Crippen molar-refractivity contribution in [2.45, 2.75) is 39.8 Å². The number of primary amides is 1. The standard InChI is InChI=1S/C15H22N2O3/c1-14(2,13(19)20)15(3,4)17-9-10-7-5-6-8-11(10)12(16)18/h5-8,17H,9H2,1-4H3,(H2,16,18)(H,19,20). The summed E-state index contributed by atoms with van der Waals surface area (Å²) in [6.07, 6.45) is 0. The second-order valence-electron chi connectivity index (χ2n) is 5.93. The third kappa shape index (κ3) is 3.17. The van der Waals surface area contributed by atoms with Crippen LogP contribution in [0.4, 0.5) is 0 Å². The van der Waals surface area contributed by atoms with Gasteiger partial charge in [0.1, 0.15) is 0 Å². The lowest BCUT2D eigenvalue weighted by atomic mass is 9.74. The summed E-state index contributed by atoms with van der Waals surface area (Å²) in [6, 6.07) is 7.03. The number of carboxylic acid groups (broad SMARTS) is 1. The van der Waals surface area contributed by atoms with E-state index in [0.29, 0.717) is 12.1 Å². The summed E-state index contributed by atoms with van der Waals surface area (Å²) in [5, 5.41) is 12.5. The number of carbonyl (C=O) groups excluding carboxylic acids is 1. The van der Waals surface area contributed by atoms with Crippen LogP contribution in [0.15, 0.2) is 24.3 Å². The van der Waals surface area contributed by atoms with E-state index >= 15 is 0 Å². The first-order valence-corrected chi connectivity index (χ1v) is 6.45. The normalized spacial score (nSPS) is 12.2. The first-order valence-electron chi connectivity index (χ1n) is 6.45. The second-order valence-corrected chi connectivity index (χ2v) is 5.93. The zero-order chi connectivity index (χ0) is 15.6. The van der Waals surface area contributed by atoms with E-state index in [0.717, 1.165) is 5.56 Å². The number of nitrogens with two attached hydrogens (primary N) is 1. The fourth-order valence-corrected chi connectivity index (χ4v) is 1.72. The summed E-state index contributed by atoms with van der Waals surface area (Å²) in [5.41, 5.74) is 4.93. The van der Waals surface area contributed by atoms with Crippen molar-refractivity contribution in [3.8, 4) is 0 Å². The number of hydrogen-bond acceptors (Lipinski definition) is 3. The molecular formula is C15H22N2O3. The molecule has 1 aromatic carbocycles. The summed E-state index contributed by atoms with van der Waals surface area (Å²) in [4.78, 5) is 22.7. The van der Waals surface area contributed by atoms with Gasteiger partial charge in [-0.25, -0.2) is 0 Å². The van der Waals surface area contributed by atoms with Crippen LogP contribution in [0.25, 0.3) is 0 Å². The van der Waals surface area contributed by atoms with Gasteiger partial charge in [-0.1, -0.05) is 18.2 Å². The molecule has 5 heteroatoms. The van der Waals surface area contributed by atoms with Crippen molar-refractivity contribution in [2.75, 3.05) is 0 Å². The van der Waals surface area contributed by atoms with Crippen molar-refractivity contribution in [3.05, 3.63) is 35.4 Å². The molecule has 0 spiro atoms. The highest BCUT2D eigenvalue weighted by Gasteiger charge is 2.43. The van der Waals surface area contributed by atoms with Gasteiger partial charge in [-0.05, 0) is 39.3 Å². The van der Waals surface area contributed by atoms with E-state index in [2.05, 4.69) is 5.32 Å². The number of carbonyl (C=O) groups is 2. The molecule has 110 valence electrons. The number of rotatable bonds is 6. The monoisotopic (exact) mass is 278 g/mol. The van der Waals surface area contributed by atoms with Crippen molar-refractivity contribution in [1.29, 1.82) is 0 Å². The molecule has 0 atom stereocenters. The van der Waals surface area contributed by atoms with Gasteiger partial charge in [0.15, 0.2) is 0 Å². The summed E-state index contributed by atoms with van der Waals surface area (Å²) in [7, 11) is 0. The average Bonchev–Trinajstić information content (AvgIpc) is 2.36. The predicted octanol–water partition coefficient (Wildman–Crippen LogP) is 1.76. The molecule has 0 unspecified atom stereocenters. The van der Waals surface area contributed by atoms with Gasteiger partial charge in [0.05, 0.1) is 5.41 Å². The number of nitrogens with one attached hydrogen (secondary N) is 1. The van der Waals surface area contributed by atoms with Crippen LogP contribution in [-0.2, 0) is 11.3 Å². The van der Waals surface area contributed by atoms with Gasteiger partial charge in [-0.2, -0.15) is 0 Å². The van der Waals surface area contributed by atoms with Crippen LogP contribution in [-0.4, -0.2) is 22.5 Å². The van der Waals surface area contributed by atoms with E-state index in [9.17, 15) is 14.7 Å². The van der Waals surface area contributed by atoms with E-state index in [4.69, 9.17) is 5.73 Å². The third-order valence-electron chi connectivity index (χ3n) is 4.10. The fourth-order valence-electron chi connectivity index (χ4n) is 1.72. The molecule has 0 saturated carbocycles. The van der Waals surface area contributed by atoms with E-state index in [1.54, 1.807) is 32.0 Å². The Morgan fingerprint density at radius 2 is 1.75 bits per heavy atom.